The third-order valence-electron chi connectivity index (χ3n) is 2.39. The summed E-state index contributed by atoms with van der Waals surface area (Å²) in [4.78, 5) is 27.4. The summed E-state index contributed by atoms with van der Waals surface area (Å²) in [5.41, 5.74) is -0.655. The molecule has 2 aromatic heterocycles. The number of carbonyl (C=O) groups excluding carboxylic acids is 1. The Morgan fingerprint density at radius 1 is 1.42 bits per heavy atom. The first-order valence-corrected chi connectivity index (χ1v) is 5.55. The van der Waals surface area contributed by atoms with E-state index in [1.54, 1.807) is 24.4 Å². The van der Waals surface area contributed by atoms with E-state index in [0.717, 1.165) is 0 Å². The molecule has 5 nitrogen and oxygen atoms in total. The van der Waals surface area contributed by atoms with Gasteiger partial charge in [-0.25, -0.2) is 4.79 Å². The molecule has 0 spiro atoms. The van der Waals surface area contributed by atoms with E-state index in [0.29, 0.717) is 5.69 Å². The topological polar surface area (TPSA) is 80.4 Å². The van der Waals surface area contributed by atoms with E-state index in [1.165, 1.54) is 25.1 Å². The molecule has 0 aliphatic heterocycles. The van der Waals surface area contributed by atoms with Crippen LogP contribution in [0.1, 0.15) is 21.8 Å². The molecule has 0 amide bonds. The lowest BCUT2D eigenvalue weighted by Gasteiger charge is -1.99. The van der Waals surface area contributed by atoms with Crippen molar-refractivity contribution in [3.05, 3.63) is 64.0 Å². The molecule has 2 heterocycles. The molecule has 1 N–H and O–H groups in total. The van der Waals surface area contributed by atoms with Crippen LogP contribution in [0.5, 0.6) is 5.75 Å². The Morgan fingerprint density at radius 2 is 2.21 bits per heavy atom. The smallest absolute Gasteiger partial charge is 0.351 e. The number of carbonyl (C=O) groups is 1. The molecular formula is C14H11NO4. The summed E-state index contributed by atoms with van der Waals surface area (Å²) in [6.45, 7) is 1.51. The number of ketones is 1. The van der Waals surface area contributed by atoms with Gasteiger partial charge in [-0.1, -0.05) is 6.07 Å². The summed E-state index contributed by atoms with van der Waals surface area (Å²) in [6, 6.07) is 6.46. The van der Waals surface area contributed by atoms with Crippen molar-refractivity contribution in [3.63, 3.8) is 0 Å². The molecule has 0 fully saturated rings. The van der Waals surface area contributed by atoms with Gasteiger partial charge in [0.2, 0.25) is 0 Å². The zero-order chi connectivity index (χ0) is 13.8. The number of hydrogen-bond acceptors (Lipinski definition) is 5. The van der Waals surface area contributed by atoms with Gasteiger partial charge in [0.25, 0.3) is 0 Å². The average molecular weight is 257 g/mol. The second-order valence-electron chi connectivity index (χ2n) is 3.86. The van der Waals surface area contributed by atoms with E-state index in [2.05, 4.69) is 4.98 Å². The maximum atomic E-state index is 11.8. The molecule has 0 saturated heterocycles. The molecule has 2 rings (SSSR count). The van der Waals surface area contributed by atoms with Crippen LogP contribution < -0.4 is 5.63 Å². The minimum Gasteiger partial charge on any atom is -0.507 e. The fraction of sp³-hybridized carbons (Fsp3) is 0.0714. The summed E-state index contributed by atoms with van der Waals surface area (Å²) < 4.78 is 4.78. The summed E-state index contributed by atoms with van der Waals surface area (Å²) in [7, 11) is 0. The van der Waals surface area contributed by atoms with E-state index in [9.17, 15) is 14.7 Å². The van der Waals surface area contributed by atoms with Crippen LogP contribution >= 0.6 is 0 Å². The lowest BCUT2D eigenvalue weighted by molar-refractivity contribution is 0.104. The fourth-order valence-electron chi connectivity index (χ4n) is 1.54. The summed E-state index contributed by atoms with van der Waals surface area (Å²) in [5, 5.41) is 9.61. The van der Waals surface area contributed by atoms with Gasteiger partial charge in [0, 0.05) is 12.3 Å². The van der Waals surface area contributed by atoms with Crippen molar-refractivity contribution < 1.29 is 14.3 Å². The standard InChI is InChI=1S/C14H11NO4/c1-9-8-12(17)13(14(18)19-9)11(16)6-5-10-4-2-3-7-15-10/h2-8,17H,1H3/b6-5+. The lowest BCUT2D eigenvalue weighted by atomic mass is 10.1. The number of aromatic hydroxyl groups is 1. The minimum atomic E-state index is -0.854. The van der Waals surface area contributed by atoms with Crippen molar-refractivity contribution in [2.24, 2.45) is 0 Å². The van der Waals surface area contributed by atoms with E-state index in [-0.39, 0.29) is 17.1 Å². The van der Waals surface area contributed by atoms with E-state index < -0.39 is 11.4 Å². The van der Waals surface area contributed by atoms with Gasteiger partial charge < -0.3 is 9.52 Å². The Kier molecular flexibility index (Phi) is 3.56. The normalized spacial score (nSPS) is 10.8. The number of allylic oxidation sites excluding steroid dienone is 1. The number of rotatable bonds is 3. The second kappa shape index (κ2) is 5.30. The average Bonchev–Trinajstić information content (AvgIpc) is 2.36. The van der Waals surface area contributed by atoms with Gasteiger partial charge in [-0.15, -0.1) is 0 Å². The van der Waals surface area contributed by atoms with Crippen molar-refractivity contribution in [2.45, 2.75) is 6.92 Å². The van der Waals surface area contributed by atoms with Gasteiger partial charge in [0.1, 0.15) is 17.1 Å². The molecule has 0 aliphatic rings. The van der Waals surface area contributed by atoms with Crippen LogP contribution in [0.15, 0.2) is 45.8 Å². The molecule has 19 heavy (non-hydrogen) atoms. The number of pyridine rings is 1. The highest BCUT2D eigenvalue weighted by Crippen LogP contribution is 2.15. The van der Waals surface area contributed by atoms with Crippen LogP contribution in [0.25, 0.3) is 6.08 Å². The predicted octanol–water partition coefficient (Wildman–Crippen LogP) is 1.94. The van der Waals surface area contributed by atoms with Gasteiger partial charge in [0.15, 0.2) is 5.78 Å². The van der Waals surface area contributed by atoms with Crippen molar-refractivity contribution in [1.29, 1.82) is 0 Å². The van der Waals surface area contributed by atoms with Gasteiger partial charge in [0.05, 0.1) is 5.69 Å². The Hall–Kier alpha value is -2.69. The first kappa shape index (κ1) is 12.8. The van der Waals surface area contributed by atoms with E-state index >= 15 is 0 Å². The van der Waals surface area contributed by atoms with Crippen molar-refractivity contribution in [2.75, 3.05) is 0 Å². The highest BCUT2D eigenvalue weighted by Gasteiger charge is 2.15. The first-order valence-electron chi connectivity index (χ1n) is 5.55. The maximum Gasteiger partial charge on any atom is 0.351 e. The Morgan fingerprint density at radius 3 is 2.84 bits per heavy atom. The number of aryl methyl sites for hydroxylation is 1. The number of aromatic nitrogens is 1. The molecule has 0 saturated carbocycles. The third-order valence-corrected chi connectivity index (χ3v) is 2.39. The largest absolute Gasteiger partial charge is 0.507 e. The molecule has 5 heteroatoms. The molecule has 0 aliphatic carbocycles. The van der Waals surface area contributed by atoms with Crippen LogP contribution in [-0.4, -0.2) is 15.9 Å². The van der Waals surface area contributed by atoms with Crippen molar-refractivity contribution >= 4 is 11.9 Å². The van der Waals surface area contributed by atoms with Gasteiger partial charge in [-0.2, -0.15) is 0 Å². The summed E-state index contributed by atoms with van der Waals surface area (Å²) in [6.07, 6.45) is 4.21. The molecule has 0 aromatic carbocycles. The Balaban J connectivity index is 2.31. The van der Waals surface area contributed by atoms with Crippen molar-refractivity contribution in [1.82, 2.24) is 4.98 Å². The molecule has 96 valence electrons. The third kappa shape index (κ3) is 2.95. The summed E-state index contributed by atoms with van der Waals surface area (Å²) >= 11 is 0. The van der Waals surface area contributed by atoms with Crippen LogP contribution in [0.3, 0.4) is 0 Å². The quantitative estimate of drug-likeness (QED) is 0.671. The zero-order valence-corrected chi connectivity index (χ0v) is 10.2. The molecule has 0 radical (unpaired) electrons. The van der Waals surface area contributed by atoms with Gasteiger partial charge >= 0.3 is 5.63 Å². The maximum absolute atomic E-state index is 11.8. The predicted molar refractivity (Wildman–Crippen MR) is 69.0 cm³/mol. The van der Waals surface area contributed by atoms with E-state index in [1.807, 2.05) is 0 Å². The van der Waals surface area contributed by atoms with Crippen LogP contribution in [0, 0.1) is 6.92 Å². The van der Waals surface area contributed by atoms with Crippen molar-refractivity contribution in [3.8, 4) is 5.75 Å². The molecule has 0 atom stereocenters. The monoisotopic (exact) mass is 257 g/mol. The number of hydrogen-bond donors (Lipinski definition) is 1. The SMILES string of the molecule is Cc1cc(O)c(C(=O)/C=C/c2ccccn2)c(=O)o1. The van der Waals surface area contributed by atoms with Gasteiger partial charge in [-0.3, -0.25) is 9.78 Å². The molecule has 0 unspecified atom stereocenters. The highest BCUT2D eigenvalue weighted by molar-refractivity contribution is 6.08. The summed E-state index contributed by atoms with van der Waals surface area (Å²) in [5.74, 6) is -0.769. The molecule has 0 bridgehead atoms. The Labute approximate surface area is 108 Å². The Bertz CT molecular complexity index is 686. The number of nitrogens with zero attached hydrogens (tertiary/aromatic N) is 1. The molecule has 2 aromatic rings. The van der Waals surface area contributed by atoms with Gasteiger partial charge in [-0.05, 0) is 31.2 Å². The molecular weight excluding hydrogens is 246 g/mol. The van der Waals surface area contributed by atoms with Crippen LogP contribution in [-0.2, 0) is 0 Å². The zero-order valence-electron chi connectivity index (χ0n) is 10.2. The first-order chi connectivity index (χ1) is 9.08. The highest BCUT2D eigenvalue weighted by atomic mass is 16.4. The minimum absolute atomic E-state index is 0.243. The second-order valence-corrected chi connectivity index (χ2v) is 3.86. The fourth-order valence-corrected chi connectivity index (χ4v) is 1.54. The lowest BCUT2D eigenvalue weighted by Crippen LogP contribution is -2.12. The van der Waals surface area contributed by atoms with Crippen LogP contribution in [0.2, 0.25) is 0 Å². The van der Waals surface area contributed by atoms with Crippen LogP contribution in [0.4, 0.5) is 0 Å². The van der Waals surface area contributed by atoms with E-state index in [4.69, 9.17) is 4.42 Å².